The fourth-order valence-electron chi connectivity index (χ4n) is 2.28. The van der Waals surface area contributed by atoms with Crippen LogP contribution in [0.2, 0.25) is 0 Å². The Morgan fingerprint density at radius 3 is 2.36 bits per heavy atom. The molecule has 3 aromatic carbocycles. The van der Waals surface area contributed by atoms with Crippen molar-refractivity contribution in [1.29, 1.82) is 0 Å². The Balaban J connectivity index is 2.00. The number of hydrogen-bond acceptors (Lipinski definition) is 2. The minimum absolute atomic E-state index is 0.258. The summed E-state index contributed by atoms with van der Waals surface area (Å²) in [5.74, 6) is 0. The SMILES string of the molecule is Cc1cc(Br)ccc1NS(=O)(=O)c1ccc2ccccc2c1. The Kier molecular flexibility index (Phi) is 3.93. The van der Waals surface area contributed by atoms with Crippen molar-refractivity contribution in [3.63, 3.8) is 0 Å². The van der Waals surface area contributed by atoms with E-state index in [4.69, 9.17) is 0 Å². The van der Waals surface area contributed by atoms with Gasteiger partial charge in [0.05, 0.1) is 10.6 Å². The second-order valence-electron chi connectivity index (χ2n) is 5.07. The van der Waals surface area contributed by atoms with Crippen LogP contribution >= 0.6 is 15.9 Å². The van der Waals surface area contributed by atoms with E-state index in [2.05, 4.69) is 20.7 Å². The quantitative estimate of drug-likeness (QED) is 0.720. The highest BCUT2D eigenvalue weighted by Crippen LogP contribution is 2.24. The molecule has 0 aliphatic heterocycles. The predicted molar refractivity (Wildman–Crippen MR) is 93.6 cm³/mol. The lowest BCUT2D eigenvalue weighted by atomic mass is 10.1. The van der Waals surface area contributed by atoms with Crippen molar-refractivity contribution in [2.24, 2.45) is 0 Å². The maximum Gasteiger partial charge on any atom is 0.261 e. The van der Waals surface area contributed by atoms with Gasteiger partial charge in [-0.25, -0.2) is 8.42 Å². The van der Waals surface area contributed by atoms with Crippen molar-refractivity contribution >= 4 is 42.4 Å². The number of rotatable bonds is 3. The molecule has 0 atom stereocenters. The molecule has 0 amide bonds. The average molecular weight is 376 g/mol. The maximum absolute atomic E-state index is 12.6. The minimum atomic E-state index is -3.61. The molecule has 112 valence electrons. The summed E-state index contributed by atoms with van der Waals surface area (Å²) in [5, 5.41) is 1.92. The first-order valence-corrected chi connectivity index (χ1v) is 9.01. The first-order valence-electron chi connectivity index (χ1n) is 6.73. The second kappa shape index (κ2) is 5.74. The molecule has 0 fully saturated rings. The lowest BCUT2D eigenvalue weighted by Gasteiger charge is -2.11. The van der Waals surface area contributed by atoms with Gasteiger partial charge in [0.1, 0.15) is 0 Å². The lowest BCUT2D eigenvalue weighted by molar-refractivity contribution is 0.601. The van der Waals surface area contributed by atoms with E-state index in [1.165, 1.54) is 0 Å². The van der Waals surface area contributed by atoms with Crippen LogP contribution in [0.25, 0.3) is 10.8 Å². The lowest BCUT2D eigenvalue weighted by Crippen LogP contribution is -2.13. The normalized spacial score (nSPS) is 11.5. The van der Waals surface area contributed by atoms with E-state index < -0.39 is 10.0 Å². The fourth-order valence-corrected chi connectivity index (χ4v) is 3.92. The first kappa shape index (κ1) is 15.1. The van der Waals surface area contributed by atoms with Crippen LogP contribution in [0.4, 0.5) is 5.69 Å². The molecule has 5 heteroatoms. The molecular formula is C17H14BrNO2S. The zero-order valence-electron chi connectivity index (χ0n) is 11.9. The van der Waals surface area contributed by atoms with Gasteiger partial charge < -0.3 is 0 Å². The van der Waals surface area contributed by atoms with Crippen LogP contribution < -0.4 is 4.72 Å². The third-order valence-electron chi connectivity index (χ3n) is 3.46. The van der Waals surface area contributed by atoms with E-state index in [1.807, 2.05) is 49.4 Å². The zero-order valence-corrected chi connectivity index (χ0v) is 14.3. The Labute approximate surface area is 138 Å². The molecule has 3 nitrogen and oxygen atoms in total. The summed E-state index contributed by atoms with van der Waals surface area (Å²) in [4.78, 5) is 0.258. The summed E-state index contributed by atoms with van der Waals surface area (Å²) in [5.41, 5.74) is 1.44. The third-order valence-corrected chi connectivity index (χ3v) is 5.32. The highest BCUT2D eigenvalue weighted by molar-refractivity contribution is 9.10. The molecule has 0 aromatic heterocycles. The van der Waals surface area contributed by atoms with Gasteiger partial charge in [-0.3, -0.25) is 4.72 Å². The van der Waals surface area contributed by atoms with Crippen LogP contribution in [0.1, 0.15) is 5.56 Å². The molecule has 0 saturated heterocycles. The van der Waals surface area contributed by atoms with Gasteiger partial charge in [-0.05, 0) is 53.6 Å². The molecule has 0 aliphatic rings. The smallest absolute Gasteiger partial charge is 0.261 e. The molecule has 0 unspecified atom stereocenters. The van der Waals surface area contributed by atoms with Gasteiger partial charge >= 0.3 is 0 Å². The van der Waals surface area contributed by atoms with Crippen LogP contribution in [0, 0.1) is 6.92 Å². The third kappa shape index (κ3) is 3.00. The van der Waals surface area contributed by atoms with E-state index in [0.29, 0.717) is 5.69 Å². The molecule has 0 saturated carbocycles. The summed E-state index contributed by atoms with van der Waals surface area (Å²) < 4.78 is 28.7. The molecule has 0 spiro atoms. The number of anilines is 1. The number of aryl methyl sites for hydroxylation is 1. The predicted octanol–water partition coefficient (Wildman–Crippen LogP) is 4.71. The van der Waals surface area contributed by atoms with Gasteiger partial charge in [0, 0.05) is 4.47 Å². The molecule has 0 heterocycles. The van der Waals surface area contributed by atoms with Crippen molar-refractivity contribution in [3.05, 3.63) is 70.7 Å². The minimum Gasteiger partial charge on any atom is -0.279 e. The topological polar surface area (TPSA) is 46.2 Å². The Morgan fingerprint density at radius 1 is 0.909 bits per heavy atom. The number of halogens is 1. The van der Waals surface area contributed by atoms with Crippen LogP contribution in [-0.2, 0) is 10.0 Å². The number of benzene rings is 3. The van der Waals surface area contributed by atoms with Crippen molar-refractivity contribution in [2.75, 3.05) is 4.72 Å². The summed E-state index contributed by atoms with van der Waals surface area (Å²) in [6.45, 7) is 1.86. The van der Waals surface area contributed by atoms with Crippen LogP contribution in [0.5, 0.6) is 0 Å². The highest BCUT2D eigenvalue weighted by Gasteiger charge is 2.15. The molecule has 0 bridgehead atoms. The second-order valence-corrected chi connectivity index (χ2v) is 7.67. The summed E-state index contributed by atoms with van der Waals surface area (Å²) in [7, 11) is -3.61. The molecule has 22 heavy (non-hydrogen) atoms. The number of sulfonamides is 1. The van der Waals surface area contributed by atoms with Crippen LogP contribution in [0.15, 0.2) is 70.0 Å². The zero-order chi connectivity index (χ0) is 15.7. The van der Waals surface area contributed by atoms with E-state index in [0.717, 1.165) is 20.8 Å². The largest absolute Gasteiger partial charge is 0.279 e. The Morgan fingerprint density at radius 2 is 1.64 bits per heavy atom. The number of nitrogens with one attached hydrogen (secondary N) is 1. The van der Waals surface area contributed by atoms with Crippen molar-refractivity contribution in [3.8, 4) is 0 Å². The molecule has 3 rings (SSSR count). The van der Waals surface area contributed by atoms with Gasteiger partial charge in [-0.2, -0.15) is 0 Å². The number of fused-ring (bicyclic) bond motifs is 1. The summed E-state index contributed by atoms with van der Waals surface area (Å²) >= 11 is 3.37. The molecule has 1 N–H and O–H groups in total. The highest BCUT2D eigenvalue weighted by atomic mass is 79.9. The molecular weight excluding hydrogens is 362 g/mol. The fraction of sp³-hybridized carbons (Fsp3) is 0.0588. The average Bonchev–Trinajstić information content (AvgIpc) is 2.49. The maximum atomic E-state index is 12.6. The number of hydrogen-bond donors (Lipinski definition) is 1. The van der Waals surface area contributed by atoms with Crippen molar-refractivity contribution in [1.82, 2.24) is 0 Å². The summed E-state index contributed by atoms with van der Waals surface area (Å²) in [6.07, 6.45) is 0. The van der Waals surface area contributed by atoms with E-state index in [-0.39, 0.29) is 4.90 Å². The molecule has 0 aliphatic carbocycles. The van der Waals surface area contributed by atoms with Gasteiger partial charge in [-0.15, -0.1) is 0 Å². The van der Waals surface area contributed by atoms with E-state index >= 15 is 0 Å². The van der Waals surface area contributed by atoms with Gasteiger partial charge in [0.2, 0.25) is 0 Å². The Hall–Kier alpha value is -1.85. The van der Waals surface area contributed by atoms with Crippen LogP contribution in [0.3, 0.4) is 0 Å². The Bertz CT molecular complexity index is 952. The van der Waals surface area contributed by atoms with Crippen molar-refractivity contribution in [2.45, 2.75) is 11.8 Å². The van der Waals surface area contributed by atoms with E-state index in [9.17, 15) is 8.42 Å². The standard InChI is InChI=1S/C17H14BrNO2S/c1-12-10-15(18)7-9-17(12)19-22(20,21)16-8-6-13-4-2-3-5-14(13)11-16/h2-11,19H,1H3. The van der Waals surface area contributed by atoms with Gasteiger partial charge in [0.25, 0.3) is 10.0 Å². The van der Waals surface area contributed by atoms with E-state index in [1.54, 1.807) is 18.2 Å². The van der Waals surface area contributed by atoms with Gasteiger partial charge in [0.15, 0.2) is 0 Å². The monoisotopic (exact) mass is 375 g/mol. The summed E-state index contributed by atoms with van der Waals surface area (Å²) in [6, 6.07) is 18.2. The van der Waals surface area contributed by atoms with Crippen LogP contribution in [-0.4, -0.2) is 8.42 Å². The first-order chi connectivity index (χ1) is 10.5. The van der Waals surface area contributed by atoms with Crippen molar-refractivity contribution < 1.29 is 8.42 Å². The molecule has 3 aromatic rings. The molecule has 0 radical (unpaired) electrons. The van der Waals surface area contributed by atoms with Gasteiger partial charge in [-0.1, -0.05) is 46.3 Å².